The number of methoxy groups -OCH3 is 1. The Labute approximate surface area is 127 Å². The second-order valence-electron chi connectivity index (χ2n) is 4.95. The average Bonchev–Trinajstić information content (AvgIpc) is 2.85. The van der Waals surface area contributed by atoms with Crippen LogP contribution in [-0.4, -0.2) is 17.6 Å². The molecule has 3 aromatic rings. The van der Waals surface area contributed by atoms with E-state index in [0.29, 0.717) is 17.1 Å². The van der Waals surface area contributed by atoms with Gasteiger partial charge in [0, 0.05) is 18.1 Å². The third-order valence-electron chi connectivity index (χ3n) is 3.58. The van der Waals surface area contributed by atoms with Crippen LogP contribution in [0.5, 0.6) is 5.75 Å². The van der Waals surface area contributed by atoms with Crippen molar-refractivity contribution in [1.29, 1.82) is 0 Å². The van der Waals surface area contributed by atoms with Crippen molar-refractivity contribution >= 4 is 22.5 Å². The molecule has 0 aliphatic rings. The molecule has 0 saturated heterocycles. The summed E-state index contributed by atoms with van der Waals surface area (Å²) in [7, 11) is 3.40. The zero-order valence-electron chi connectivity index (χ0n) is 12.3. The van der Waals surface area contributed by atoms with Crippen molar-refractivity contribution in [2.75, 3.05) is 12.4 Å². The third kappa shape index (κ3) is 2.41. The lowest BCUT2D eigenvalue weighted by Gasteiger charge is -2.06. The second-order valence-corrected chi connectivity index (χ2v) is 4.95. The number of hydrogen-bond donors (Lipinski definition) is 1. The predicted octanol–water partition coefficient (Wildman–Crippen LogP) is 3.58. The number of ether oxygens (including phenoxy) is 1. The molecule has 1 heterocycles. The molecule has 0 fully saturated rings. The molecule has 2 aromatic carbocycles. The van der Waals surface area contributed by atoms with E-state index in [1.807, 2.05) is 25.2 Å². The maximum absolute atomic E-state index is 13.2. The largest absolute Gasteiger partial charge is 0.496 e. The number of carbonyl (C=O) groups excluding carboxylic acids is 1. The molecule has 0 aliphatic carbocycles. The van der Waals surface area contributed by atoms with Gasteiger partial charge in [0.1, 0.15) is 17.3 Å². The highest BCUT2D eigenvalue weighted by molar-refractivity contribution is 6.07. The van der Waals surface area contributed by atoms with Gasteiger partial charge in [-0.3, -0.25) is 4.79 Å². The van der Waals surface area contributed by atoms with Crippen molar-refractivity contribution in [2.45, 2.75) is 0 Å². The van der Waals surface area contributed by atoms with Crippen LogP contribution in [0.4, 0.5) is 10.1 Å². The number of nitrogens with zero attached hydrogens (tertiary/aromatic N) is 1. The Morgan fingerprint density at radius 2 is 1.95 bits per heavy atom. The normalized spacial score (nSPS) is 10.7. The van der Waals surface area contributed by atoms with E-state index >= 15 is 0 Å². The van der Waals surface area contributed by atoms with Crippen LogP contribution in [-0.2, 0) is 7.05 Å². The fraction of sp³-hybridized carbons (Fsp3) is 0.118. The number of benzene rings is 2. The van der Waals surface area contributed by atoms with Gasteiger partial charge in [0.15, 0.2) is 0 Å². The van der Waals surface area contributed by atoms with Crippen LogP contribution < -0.4 is 10.1 Å². The highest BCUT2D eigenvalue weighted by atomic mass is 19.1. The van der Waals surface area contributed by atoms with E-state index in [2.05, 4.69) is 5.32 Å². The standard InChI is InChI=1S/C17H15FN2O2/c1-20-14-7-4-8-16(22-2)13(14)10-15(20)17(21)19-12-6-3-5-11(18)9-12/h3-10H,1-2H3,(H,19,21). The smallest absolute Gasteiger partial charge is 0.272 e. The number of aryl methyl sites for hydroxylation is 1. The topological polar surface area (TPSA) is 43.3 Å². The lowest BCUT2D eigenvalue weighted by molar-refractivity contribution is 0.102. The van der Waals surface area contributed by atoms with Crippen LogP contribution in [0.3, 0.4) is 0 Å². The van der Waals surface area contributed by atoms with Crippen molar-refractivity contribution in [3.05, 3.63) is 60.0 Å². The zero-order valence-corrected chi connectivity index (χ0v) is 12.3. The molecule has 1 amide bonds. The van der Waals surface area contributed by atoms with Crippen LogP contribution in [0.15, 0.2) is 48.5 Å². The summed E-state index contributed by atoms with van der Waals surface area (Å²) in [5.74, 6) is 0.0146. The second kappa shape index (κ2) is 5.52. The van der Waals surface area contributed by atoms with Gasteiger partial charge in [0.05, 0.1) is 12.6 Å². The van der Waals surface area contributed by atoms with Crippen LogP contribution in [0.2, 0.25) is 0 Å². The van der Waals surface area contributed by atoms with E-state index in [4.69, 9.17) is 4.74 Å². The summed E-state index contributed by atoms with van der Waals surface area (Å²) in [5, 5.41) is 3.56. The van der Waals surface area contributed by atoms with Gasteiger partial charge < -0.3 is 14.6 Å². The summed E-state index contributed by atoms with van der Waals surface area (Å²) in [5.41, 5.74) is 1.79. The number of aromatic nitrogens is 1. The highest BCUT2D eigenvalue weighted by Crippen LogP contribution is 2.28. The van der Waals surface area contributed by atoms with Gasteiger partial charge in [-0.25, -0.2) is 4.39 Å². The van der Waals surface area contributed by atoms with Crippen LogP contribution in [0.1, 0.15) is 10.5 Å². The Hall–Kier alpha value is -2.82. The Balaban J connectivity index is 1.99. The van der Waals surface area contributed by atoms with Gasteiger partial charge in [-0.1, -0.05) is 12.1 Å². The molecular weight excluding hydrogens is 283 g/mol. The maximum atomic E-state index is 13.2. The first-order valence-corrected chi connectivity index (χ1v) is 6.79. The summed E-state index contributed by atoms with van der Waals surface area (Å²) in [4.78, 5) is 12.4. The molecule has 22 heavy (non-hydrogen) atoms. The average molecular weight is 298 g/mol. The number of amides is 1. The Bertz CT molecular complexity index is 855. The van der Waals surface area contributed by atoms with E-state index in [0.717, 1.165) is 10.9 Å². The molecule has 0 aliphatic heterocycles. The minimum absolute atomic E-state index is 0.300. The number of carbonyl (C=O) groups is 1. The molecule has 4 nitrogen and oxygen atoms in total. The molecule has 0 saturated carbocycles. The molecule has 0 bridgehead atoms. The van der Waals surface area contributed by atoms with Crippen LogP contribution in [0, 0.1) is 5.82 Å². The summed E-state index contributed by atoms with van der Waals surface area (Å²) in [6.07, 6.45) is 0. The first kappa shape index (κ1) is 14.1. The number of anilines is 1. The molecule has 0 atom stereocenters. The van der Waals surface area contributed by atoms with Gasteiger partial charge >= 0.3 is 0 Å². The zero-order chi connectivity index (χ0) is 15.7. The molecule has 112 valence electrons. The van der Waals surface area contributed by atoms with Crippen molar-refractivity contribution in [3.8, 4) is 5.75 Å². The minimum Gasteiger partial charge on any atom is -0.496 e. The molecule has 3 rings (SSSR count). The van der Waals surface area contributed by atoms with Gasteiger partial charge in [-0.05, 0) is 36.4 Å². The fourth-order valence-electron chi connectivity index (χ4n) is 2.49. The summed E-state index contributed by atoms with van der Waals surface area (Å²) >= 11 is 0. The van der Waals surface area contributed by atoms with Gasteiger partial charge in [0.2, 0.25) is 0 Å². The number of hydrogen-bond acceptors (Lipinski definition) is 2. The maximum Gasteiger partial charge on any atom is 0.272 e. The summed E-state index contributed by atoms with van der Waals surface area (Å²) in [6, 6.07) is 13.2. The highest BCUT2D eigenvalue weighted by Gasteiger charge is 2.15. The van der Waals surface area contributed by atoms with E-state index in [1.54, 1.807) is 29.9 Å². The van der Waals surface area contributed by atoms with Crippen LogP contribution in [0.25, 0.3) is 10.9 Å². The fourth-order valence-corrected chi connectivity index (χ4v) is 2.49. The summed E-state index contributed by atoms with van der Waals surface area (Å²) in [6.45, 7) is 0. The van der Waals surface area contributed by atoms with Gasteiger partial charge in [-0.15, -0.1) is 0 Å². The van der Waals surface area contributed by atoms with Crippen molar-refractivity contribution in [1.82, 2.24) is 4.57 Å². The van der Waals surface area contributed by atoms with Crippen molar-refractivity contribution < 1.29 is 13.9 Å². The Morgan fingerprint density at radius 3 is 2.68 bits per heavy atom. The number of nitrogens with one attached hydrogen (secondary N) is 1. The molecule has 1 N–H and O–H groups in total. The van der Waals surface area contributed by atoms with Gasteiger partial charge in [-0.2, -0.15) is 0 Å². The molecule has 1 aromatic heterocycles. The van der Waals surface area contributed by atoms with Gasteiger partial charge in [0.25, 0.3) is 5.91 Å². The summed E-state index contributed by atoms with van der Waals surface area (Å²) < 4.78 is 20.3. The van der Waals surface area contributed by atoms with E-state index in [1.165, 1.54) is 12.1 Å². The minimum atomic E-state index is -0.392. The third-order valence-corrected chi connectivity index (χ3v) is 3.58. The quantitative estimate of drug-likeness (QED) is 0.803. The first-order valence-electron chi connectivity index (χ1n) is 6.79. The number of halogens is 1. The number of rotatable bonds is 3. The lowest BCUT2D eigenvalue weighted by atomic mass is 10.2. The molecule has 0 unspecified atom stereocenters. The van der Waals surface area contributed by atoms with Crippen LogP contribution >= 0.6 is 0 Å². The SMILES string of the molecule is COc1cccc2c1cc(C(=O)Nc1cccc(F)c1)n2C. The molecule has 5 heteroatoms. The Kier molecular flexibility index (Phi) is 3.55. The first-order chi connectivity index (χ1) is 10.6. The van der Waals surface area contributed by atoms with Crippen molar-refractivity contribution in [3.63, 3.8) is 0 Å². The molecule has 0 spiro atoms. The van der Waals surface area contributed by atoms with E-state index in [9.17, 15) is 9.18 Å². The van der Waals surface area contributed by atoms with E-state index < -0.39 is 5.82 Å². The predicted molar refractivity (Wildman–Crippen MR) is 83.8 cm³/mol. The van der Waals surface area contributed by atoms with Crippen molar-refractivity contribution in [2.24, 2.45) is 7.05 Å². The Morgan fingerprint density at radius 1 is 1.18 bits per heavy atom. The van der Waals surface area contributed by atoms with E-state index in [-0.39, 0.29) is 5.91 Å². The molecular formula is C17H15FN2O2. The monoisotopic (exact) mass is 298 g/mol. The number of fused-ring (bicyclic) bond motifs is 1. The lowest BCUT2D eigenvalue weighted by Crippen LogP contribution is -2.15. The molecule has 0 radical (unpaired) electrons.